The molecule has 0 spiro atoms. The molecule has 0 aliphatic carbocycles. The number of Topliss-reactive ketones (excluding diaryl/α,β-unsaturated/α-hetero) is 1. The summed E-state index contributed by atoms with van der Waals surface area (Å²) in [6.07, 6.45) is 16.2. The monoisotopic (exact) mass is 302 g/mol. The van der Waals surface area contributed by atoms with Crippen molar-refractivity contribution in [3.05, 3.63) is 12.2 Å². The Morgan fingerprint density at radius 2 is 1.33 bits per heavy atom. The van der Waals surface area contributed by atoms with Crippen molar-refractivity contribution in [1.29, 1.82) is 0 Å². The smallest absolute Gasteiger partial charge is 0.293 e. The van der Waals surface area contributed by atoms with Crippen LogP contribution in [0.5, 0.6) is 0 Å². The number of unbranched alkanes of at least 4 members (excludes halogenated alkanes) is 9. The molecule has 0 unspecified atom stereocenters. The van der Waals surface area contributed by atoms with Crippen LogP contribution in [-0.4, -0.2) is 11.7 Å². The second kappa shape index (κ2) is 13.0. The van der Waals surface area contributed by atoms with Gasteiger partial charge in [-0.05, 0) is 25.7 Å². The Kier molecular flexibility index (Phi) is 12.5. The fraction of sp³-hybridized carbons (Fsp3) is 0.833. The summed E-state index contributed by atoms with van der Waals surface area (Å²) < 4.78 is 26.0. The lowest BCUT2D eigenvalue weighted by atomic mass is 10.0. The third kappa shape index (κ3) is 12.7. The Morgan fingerprint density at radius 1 is 0.857 bits per heavy atom. The summed E-state index contributed by atoms with van der Waals surface area (Å²) in [4.78, 5) is 10.7. The maximum absolute atomic E-state index is 13.0. The lowest BCUT2D eigenvalue weighted by Crippen LogP contribution is -2.25. The van der Waals surface area contributed by atoms with Crippen molar-refractivity contribution in [2.45, 2.75) is 96.8 Å². The van der Waals surface area contributed by atoms with Crippen molar-refractivity contribution in [3.8, 4) is 0 Å². The summed E-state index contributed by atoms with van der Waals surface area (Å²) in [5.41, 5.74) is 0. The molecule has 0 amide bonds. The SMILES string of the molecule is CCCCC=CCCCCCCCCCC(F)(F)C(C)=O. The highest BCUT2D eigenvalue weighted by Gasteiger charge is 2.33. The van der Waals surface area contributed by atoms with Crippen LogP contribution in [0.2, 0.25) is 0 Å². The number of halogens is 2. The van der Waals surface area contributed by atoms with Crippen molar-refractivity contribution in [2.75, 3.05) is 0 Å². The van der Waals surface area contributed by atoms with Gasteiger partial charge in [-0.2, -0.15) is 8.78 Å². The maximum atomic E-state index is 13.0. The molecule has 0 aromatic heterocycles. The van der Waals surface area contributed by atoms with Gasteiger partial charge in [-0.3, -0.25) is 4.79 Å². The van der Waals surface area contributed by atoms with Crippen LogP contribution in [0, 0.1) is 0 Å². The molecule has 0 saturated heterocycles. The summed E-state index contributed by atoms with van der Waals surface area (Å²) in [5, 5.41) is 0. The number of hydrogen-bond donors (Lipinski definition) is 0. The average Bonchev–Trinajstić information content (AvgIpc) is 2.43. The summed E-state index contributed by atoms with van der Waals surface area (Å²) in [5.74, 6) is -4.11. The molecule has 0 N–H and O–H groups in total. The standard InChI is InChI=1S/C18H32F2O/c1-3-4-5-6-7-8-9-10-11-12-13-14-15-16-18(19,20)17(2)21/h6-7H,3-5,8-16H2,1-2H3. The number of rotatable bonds is 14. The summed E-state index contributed by atoms with van der Waals surface area (Å²) in [7, 11) is 0. The first-order valence-electron chi connectivity index (χ1n) is 8.54. The van der Waals surface area contributed by atoms with E-state index in [0.717, 1.165) is 32.6 Å². The fourth-order valence-corrected chi connectivity index (χ4v) is 2.23. The molecule has 0 aromatic rings. The molecule has 0 aliphatic rings. The van der Waals surface area contributed by atoms with Gasteiger partial charge in [-0.25, -0.2) is 0 Å². The minimum Gasteiger partial charge on any atom is -0.293 e. The van der Waals surface area contributed by atoms with Crippen LogP contribution in [0.15, 0.2) is 12.2 Å². The number of carbonyl (C=O) groups excluding carboxylic acids is 1. The lowest BCUT2D eigenvalue weighted by Gasteiger charge is -2.11. The normalized spacial score (nSPS) is 12.2. The van der Waals surface area contributed by atoms with E-state index in [1.165, 1.54) is 38.5 Å². The molecule has 0 atom stereocenters. The Labute approximate surface area is 129 Å². The molecule has 3 heteroatoms. The number of ketones is 1. The first-order valence-corrected chi connectivity index (χ1v) is 8.54. The van der Waals surface area contributed by atoms with Gasteiger partial charge in [-0.15, -0.1) is 0 Å². The van der Waals surface area contributed by atoms with E-state index in [4.69, 9.17) is 0 Å². The predicted octanol–water partition coefficient (Wildman–Crippen LogP) is 6.47. The Hall–Kier alpha value is -0.730. The van der Waals surface area contributed by atoms with E-state index in [9.17, 15) is 13.6 Å². The zero-order chi connectivity index (χ0) is 16.0. The largest absolute Gasteiger partial charge is 0.304 e. The van der Waals surface area contributed by atoms with Crippen molar-refractivity contribution < 1.29 is 13.6 Å². The predicted molar refractivity (Wildman–Crippen MR) is 85.8 cm³/mol. The van der Waals surface area contributed by atoms with Crippen molar-refractivity contribution in [2.24, 2.45) is 0 Å². The molecular weight excluding hydrogens is 270 g/mol. The lowest BCUT2D eigenvalue weighted by molar-refractivity contribution is -0.141. The molecule has 0 radical (unpaired) electrons. The van der Waals surface area contributed by atoms with Crippen LogP contribution >= 0.6 is 0 Å². The van der Waals surface area contributed by atoms with Crippen LogP contribution < -0.4 is 0 Å². The minimum atomic E-state index is -3.11. The highest BCUT2D eigenvalue weighted by Crippen LogP contribution is 2.23. The van der Waals surface area contributed by atoms with E-state index >= 15 is 0 Å². The molecule has 124 valence electrons. The molecule has 1 nitrogen and oxygen atoms in total. The molecule has 0 aliphatic heterocycles. The van der Waals surface area contributed by atoms with Crippen molar-refractivity contribution >= 4 is 5.78 Å². The van der Waals surface area contributed by atoms with E-state index in [1.807, 2.05) is 0 Å². The zero-order valence-electron chi connectivity index (χ0n) is 13.8. The van der Waals surface area contributed by atoms with Gasteiger partial charge in [0.15, 0.2) is 5.78 Å². The quantitative estimate of drug-likeness (QED) is 0.265. The van der Waals surface area contributed by atoms with Crippen LogP contribution in [0.1, 0.15) is 90.9 Å². The first-order chi connectivity index (χ1) is 10.0. The first kappa shape index (κ1) is 20.3. The topological polar surface area (TPSA) is 17.1 Å². The number of allylic oxidation sites excluding steroid dienone is 2. The minimum absolute atomic E-state index is 0.287. The molecule has 0 heterocycles. The van der Waals surface area contributed by atoms with E-state index in [0.29, 0.717) is 6.42 Å². The third-order valence-corrected chi connectivity index (χ3v) is 3.77. The van der Waals surface area contributed by atoms with Gasteiger partial charge in [0.2, 0.25) is 0 Å². The van der Waals surface area contributed by atoms with Crippen molar-refractivity contribution in [3.63, 3.8) is 0 Å². The van der Waals surface area contributed by atoms with E-state index in [2.05, 4.69) is 19.1 Å². The Morgan fingerprint density at radius 3 is 1.86 bits per heavy atom. The van der Waals surface area contributed by atoms with Gasteiger partial charge in [0, 0.05) is 13.3 Å². The molecule has 0 aromatic carbocycles. The Balaban J connectivity index is 3.26. The second-order valence-electron chi connectivity index (χ2n) is 5.89. The highest BCUT2D eigenvalue weighted by molar-refractivity contribution is 5.82. The van der Waals surface area contributed by atoms with Gasteiger partial charge in [0.05, 0.1) is 0 Å². The second-order valence-corrected chi connectivity index (χ2v) is 5.89. The molecule has 0 fully saturated rings. The van der Waals surface area contributed by atoms with E-state index in [1.54, 1.807) is 0 Å². The van der Waals surface area contributed by atoms with Crippen LogP contribution in [0.3, 0.4) is 0 Å². The molecule has 0 saturated carbocycles. The molecule has 21 heavy (non-hydrogen) atoms. The summed E-state index contributed by atoms with van der Waals surface area (Å²) in [6.45, 7) is 3.17. The molecule has 0 bridgehead atoms. The van der Waals surface area contributed by atoms with E-state index in [-0.39, 0.29) is 6.42 Å². The van der Waals surface area contributed by atoms with Crippen molar-refractivity contribution in [1.82, 2.24) is 0 Å². The number of carbonyl (C=O) groups is 1. The van der Waals surface area contributed by atoms with Gasteiger partial charge in [0.25, 0.3) is 0 Å². The molecule has 0 rings (SSSR count). The highest BCUT2D eigenvalue weighted by atomic mass is 19.3. The maximum Gasteiger partial charge on any atom is 0.304 e. The zero-order valence-corrected chi connectivity index (χ0v) is 13.8. The number of hydrogen-bond acceptors (Lipinski definition) is 1. The van der Waals surface area contributed by atoms with Gasteiger partial charge < -0.3 is 0 Å². The average molecular weight is 302 g/mol. The van der Waals surface area contributed by atoms with Crippen LogP contribution in [0.25, 0.3) is 0 Å². The van der Waals surface area contributed by atoms with Gasteiger partial charge in [0.1, 0.15) is 0 Å². The van der Waals surface area contributed by atoms with E-state index < -0.39 is 11.7 Å². The number of alkyl halides is 2. The summed E-state index contributed by atoms with van der Waals surface area (Å²) in [6, 6.07) is 0. The molecular formula is C18H32F2O. The van der Waals surface area contributed by atoms with Crippen LogP contribution in [-0.2, 0) is 4.79 Å². The van der Waals surface area contributed by atoms with Crippen LogP contribution in [0.4, 0.5) is 8.78 Å². The summed E-state index contributed by atoms with van der Waals surface area (Å²) >= 11 is 0. The fourth-order valence-electron chi connectivity index (χ4n) is 2.23. The third-order valence-electron chi connectivity index (χ3n) is 3.77. The van der Waals surface area contributed by atoms with Gasteiger partial charge >= 0.3 is 5.92 Å². The Bertz CT molecular complexity index is 285. The van der Waals surface area contributed by atoms with Gasteiger partial charge in [-0.1, -0.05) is 64.0 Å².